The molecule has 3 heteroatoms. The van der Waals surface area contributed by atoms with E-state index >= 15 is 0 Å². The van der Waals surface area contributed by atoms with Crippen molar-refractivity contribution in [3.8, 4) is 0 Å². The molecule has 1 fully saturated rings. The molecular formula is C11H21NO2. The molecule has 0 spiro atoms. The molecule has 1 aliphatic rings. The molecule has 0 radical (unpaired) electrons. The van der Waals surface area contributed by atoms with E-state index in [2.05, 4.69) is 19.2 Å². The Labute approximate surface area is 86.2 Å². The van der Waals surface area contributed by atoms with Crippen LogP contribution in [0.15, 0.2) is 0 Å². The van der Waals surface area contributed by atoms with Gasteiger partial charge in [-0.2, -0.15) is 0 Å². The summed E-state index contributed by atoms with van der Waals surface area (Å²) in [6.07, 6.45) is 3.99. The van der Waals surface area contributed by atoms with Gasteiger partial charge in [-0.05, 0) is 25.8 Å². The van der Waals surface area contributed by atoms with Gasteiger partial charge in [0.2, 0.25) is 0 Å². The highest BCUT2D eigenvalue weighted by atomic mass is 16.5. The molecule has 1 rings (SSSR count). The fourth-order valence-corrected chi connectivity index (χ4v) is 1.83. The summed E-state index contributed by atoms with van der Waals surface area (Å²) >= 11 is 0. The Balaban J connectivity index is 2.30. The molecule has 82 valence electrons. The lowest BCUT2D eigenvalue weighted by Gasteiger charge is -2.16. The zero-order valence-corrected chi connectivity index (χ0v) is 9.21. The van der Waals surface area contributed by atoms with Gasteiger partial charge in [0.1, 0.15) is 6.10 Å². The number of hydrogen-bond donors (Lipinski definition) is 1. The SMILES string of the molecule is CCCC(CC)C(=O)OC1CCNC1. The van der Waals surface area contributed by atoms with Gasteiger partial charge in [0.15, 0.2) is 0 Å². The zero-order valence-electron chi connectivity index (χ0n) is 9.21. The maximum Gasteiger partial charge on any atom is 0.309 e. The maximum absolute atomic E-state index is 11.7. The number of carbonyl (C=O) groups excluding carboxylic acids is 1. The molecule has 2 atom stereocenters. The number of rotatable bonds is 5. The molecule has 1 N–H and O–H groups in total. The van der Waals surface area contributed by atoms with Gasteiger partial charge in [0.25, 0.3) is 0 Å². The minimum Gasteiger partial charge on any atom is -0.461 e. The van der Waals surface area contributed by atoms with Crippen LogP contribution in [0.3, 0.4) is 0 Å². The van der Waals surface area contributed by atoms with E-state index in [0.29, 0.717) is 0 Å². The van der Waals surface area contributed by atoms with Crippen LogP contribution in [0.2, 0.25) is 0 Å². The van der Waals surface area contributed by atoms with Crippen LogP contribution in [0.5, 0.6) is 0 Å². The molecule has 0 amide bonds. The van der Waals surface area contributed by atoms with Crippen LogP contribution in [-0.2, 0) is 9.53 Å². The van der Waals surface area contributed by atoms with E-state index in [4.69, 9.17) is 4.74 Å². The van der Waals surface area contributed by atoms with Gasteiger partial charge in [-0.25, -0.2) is 0 Å². The van der Waals surface area contributed by atoms with Gasteiger partial charge in [0, 0.05) is 6.54 Å². The number of hydrogen-bond acceptors (Lipinski definition) is 3. The predicted octanol–water partition coefficient (Wildman–Crippen LogP) is 1.72. The van der Waals surface area contributed by atoms with Crippen molar-refractivity contribution >= 4 is 5.97 Å². The van der Waals surface area contributed by atoms with Crippen LogP contribution in [0.25, 0.3) is 0 Å². The van der Waals surface area contributed by atoms with Gasteiger partial charge in [-0.1, -0.05) is 20.3 Å². The van der Waals surface area contributed by atoms with Crippen LogP contribution < -0.4 is 5.32 Å². The summed E-state index contributed by atoms with van der Waals surface area (Å²) < 4.78 is 5.42. The van der Waals surface area contributed by atoms with Crippen molar-refractivity contribution in [3.05, 3.63) is 0 Å². The lowest BCUT2D eigenvalue weighted by atomic mass is 10.0. The first kappa shape index (κ1) is 11.5. The molecular weight excluding hydrogens is 178 g/mol. The largest absolute Gasteiger partial charge is 0.461 e. The van der Waals surface area contributed by atoms with E-state index in [0.717, 1.165) is 38.8 Å². The first-order valence-electron chi connectivity index (χ1n) is 5.69. The Morgan fingerprint density at radius 1 is 1.57 bits per heavy atom. The normalized spacial score (nSPS) is 23.4. The van der Waals surface area contributed by atoms with Crippen molar-refractivity contribution in [2.45, 2.75) is 45.6 Å². The summed E-state index contributed by atoms with van der Waals surface area (Å²) in [5.74, 6) is 0.114. The molecule has 0 aromatic rings. The van der Waals surface area contributed by atoms with E-state index < -0.39 is 0 Å². The third kappa shape index (κ3) is 3.29. The highest BCUT2D eigenvalue weighted by molar-refractivity contribution is 5.72. The second-order valence-corrected chi connectivity index (χ2v) is 3.95. The standard InChI is InChI=1S/C11H21NO2/c1-3-5-9(4-2)11(13)14-10-6-7-12-8-10/h9-10,12H,3-8H2,1-2H3. The van der Waals surface area contributed by atoms with Crippen LogP contribution in [0.1, 0.15) is 39.5 Å². The second kappa shape index (κ2) is 6.02. The minimum absolute atomic E-state index is 0.00282. The summed E-state index contributed by atoms with van der Waals surface area (Å²) in [6.45, 7) is 5.96. The molecule has 1 heterocycles. The highest BCUT2D eigenvalue weighted by Crippen LogP contribution is 2.15. The molecule has 2 unspecified atom stereocenters. The minimum atomic E-state index is 0.00282. The highest BCUT2D eigenvalue weighted by Gasteiger charge is 2.23. The Morgan fingerprint density at radius 3 is 2.86 bits per heavy atom. The van der Waals surface area contributed by atoms with Crippen molar-refractivity contribution in [1.29, 1.82) is 0 Å². The van der Waals surface area contributed by atoms with Gasteiger partial charge in [-0.15, -0.1) is 0 Å². The Bertz CT molecular complexity index is 176. The fourth-order valence-electron chi connectivity index (χ4n) is 1.83. The molecule has 0 aromatic carbocycles. The van der Waals surface area contributed by atoms with Gasteiger partial charge in [-0.3, -0.25) is 4.79 Å². The summed E-state index contributed by atoms with van der Waals surface area (Å²) in [6, 6.07) is 0. The Hall–Kier alpha value is -0.570. The number of carbonyl (C=O) groups is 1. The third-order valence-electron chi connectivity index (χ3n) is 2.76. The number of ether oxygens (including phenoxy) is 1. The lowest BCUT2D eigenvalue weighted by Crippen LogP contribution is -2.25. The fraction of sp³-hybridized carbons (Fsp3) is 0.909. The average molecular weight is 199 g/mol. The van der Waals surface area contributed by atoms with Gasteiger partial charge >= 0.3 is 5.97 Å². The van der Waals surface area contributed by atoms with Crippen molar-refractivity contribution in [3.63, 3.8) is 0 Å². The van der Waals surface area contributed by atoms with Gasteiger partial charge in [0.05, 0.1) is 5.92 Å². The predicted molar refractivity (Wildman–Crippen MR) is 56.1 cm³/mol. The number of nitrogens with one attached hydrogen (secondary N) is 1. The molecule has 0 aromatic heterocycles. The van der Waals surface area contributed by atoms with E-state index in [1.807, 2.05) is 0 Å². The second-order valence-electron chi connectivity index (χ2n) is 3.95. The molecule has 0 bridgehead atoms. The molecule has 0 aliphatic carbocycles. The van der Waals surface area contributed by atoms with Crippen molar-refractivity contribution in [1.82, 2.24) is 5.32 Å². The molecule has 3 nitrogen and oxygen atoms in total. The lowest BCUT2D eigenvalue weighted by molar-refractivity contribution is -0.153. The monoisotopic (exact) mass is 199 g/mol. The zero-order chi connectivity index (χ0) is 10.4. The molecule has 14 heavy (non-hydrogen) atoms. The molecule has 0 saturated carbocycles. The molecule has 1 aliphatic heterocycles. The molecule has 1 saturated heterocycles. The maximum atomic E-state index is 11.7. The quantitative estimate of drug-likeness (QED) is 0.685. The Kier molecular flexibility index (Phi) is 4.94. The summed E-state index contributed by atoms with van der Waals surface area (Å²) in [5.41, 5.74) is 0. The van der Waals surface area contributed by atoms with Crippen molar-refractivity contribution in [2.24, 2.45) is 5.92 Å². The van der Waals surface area contributed by atoms with E-state index in [1.54, 1.807) is 0 Å². The van der Waals surface area contributed by atoms with E-state index in [-0.39, 0.29) is 18.0 Å². The van der Waals surface area contributed by atoms with Crippen molar-refractivity contribution in [2.75, 3.05) is 13.1 Å². The summed E-state index contributed by atoms with van der Waals surface area (Å²) in [4.78, 5) is 11.7. The van der Waals surface area contributed by atoms with Crippen molar-refractivity contribution < 1.29 is 9.53 Å². The first-order chi connectivity index (χ1) is 6.77. The Morgan fingerprint density at radius 2 is 2.36 bits per heavy atom. The topological polar surface area (TPSA) is 38.3 Å². The number of esters is 1. The smallest absolute Gasteiger partial charge is 0.309 e. The van der Waals surface area contributed by atoms with Gasteiger partial charge < -0.3 is 10.1 Å². The third-order valence-corrected chi connectivity index (χ3v) is 2.76. The van der Waals surface area contributed by atoms with E-state index in [9.17, 15) is 4.79 Å². The van der Waals surface area contributed by atoms with E-state index in [1.165, 1.54) is 0 Å². The van der Waals surface area contributed by atoms with Crippen LogP contribution >= 0.6 is 0 Å². The summed E-state index contributed by atoms with van der Waals surface area (Å²) in [5, 5.41) is 3.19. The average Bonchev–Trinajstić information content (AvgIpc) is 2.66. The van der Waals surface area contributed by atoms with Crippen LogP contribution in [0, 0.1) is 5.92 Å². The summed E-state index contributed by atoms with van der Waals surface area (Å²) in [7, 11) is 0. The first-order valence-corrected chi connectivity index (χ1v) is 5.69. The van der Waals surface area contributed by atoms with Crippen LogP contribution in [0.4, 0.5) is 0 Å². The van der Waals surface area contributed by atoms with Crippen LogP contribution in [-0.4, -0.2) is 25.2 Å².